The Labute approximate surface area is 209 Å². The summed E-state index contributed by atoms with van der Waals surface area (Å²) in [5.41, 5.74) is 5.87. The lowest BCUT2D eigenvalue weighted by atomic mass is 9.99. The standard InChI is InChI=1S/C28H40N4OS/c1-7-10-11-21(8-2)16-30-27(33)24-15-26(32(20(24)6)17-19(4)5)25-18-34-28(31-25)22-12-13-29-23(9-3)14-22/h12-15,18-19,21H,7-11,16-17H2,1-6H3,(H,30,33). The average molecular weight is 481 g/mol. The molecule has 0 aliphatic carbocycles. The zero-order valence-electron chi connectivity index (χ0n) is 21.6. The molecule has 6 heteroatoms. The Morgan fingerprint density at radius 2 is 2.00 bits per heavy atom. The Hall–Kier alpha value is -2.47. The third kappa shape index (κ3) is 6.35. The van der Waals surface area contributed by atoms with Crippen LogP contribution in [-0.4, -0.2) is 27.0 Å². The van der Waals surface area contributed by atoms with Gasteiger partial charge in [-0.05, 0) is 49.8 Å². The molecule has 1 N–H and O–H groups in total. The Morgan fingerprint density at radius 1 is 1.21 bits per heavy atom. The van der Waals surface area contributed by atoms with Crippen LogP contribution in [0.1, 0.15) is 82.0 Å². The molecule has 184 valence electrons. The van der Waals surface area contributed by atoms with Crippen molar-refractivity contribution in [2.75, 3.05) is 6.54 Å². The number of amides is 1. The third-order valence-electron chi connectivity index (χ3n) is 6.45. The van der Waals surface area contributed by atoms with Crippen LogP contribution in [-0.2, 0) is 13.0 Å². The molecule has 3 aromatic heterocycles. The van der Waals surface area contributed by atoms with Crippen LogP contribution < -0.4 is 5.32 Å². The Morgan fingerprint density at radius 3 is 2.68 bits per heavy atom. The van der Waals surface area contributed by atoms with Crippen molar-refractivity contribution in [1.82, 2.24) is 19.9 Å². The van der Waals surface area contributed by atoms with Gasteiger partial charge in [-0.2, -0.15) is 0 Å². The van der Waals surface area contributed by atoms with Gasteiger partial charge in [0.15, 0.2) is 0 Å². The van der Waals surface area contributed by atoms with Gasteiger partial charge >= 0.3 is 0 Å². The van der Waals surface area contributed by atoms with Gasteiger partial charge in [-0.15, -0.1) is 11.3 Å². The summed E-state index contributed by atoms with van der Waals surface area (Å²) in [5, 5.41) is 6.30. The molecule has 0 aromatic carbocycles. The number of carbonyl (C=O) groups excluding carboxylic acids is 1. The monoisotopic (exact) mass is 480 g/mol. The van der Waals surface area contributed by atoms with Crippen LogP contribution >= 0.6 is 11.3 Å². The SMILES string of the molecule is CCCCC(CC)CNC(=O)c1cc(-c2csc(-c3ccnc(CC)c3)n2)n(CC(C)C)c1C. The number of unbranched alkanes of at least 4 members (excludes halogenated alkanes) is 1. The van der Waals surface area contributed by atoms with Crippen molar-refractivity contribution in [3.8, 4) is 22.0 Å². The molecule has 1 unspecified atom stereocenters. The molecule has 0 spiro atoms. The molecule has 0 bridgehead atoms. The van der Waals surface area contributed by atoms with E-state index in [1.54, 1.807) is 11.3 Å². The summed E-state index contributed by atoms with van der Waals surface area (Å²) >= 11 is 1.64. The predicted molar refractivity (Wildman–Crippen MR) is 143 cm³/mol. The predicted octanol–water partition coefficient (Wildman–Crippen LogP) is 7.15. The highest BCUT2D eigenvalue weighted by Crippen LogP contribution is 2.32. The van der Waals surface area contributed by atoms with Gasteiger partial charge in [0.1, 0.15) is 5.01 Å². The van der Waals surface area contributed by atoms with Crippen molar-refractivity contribution in [3.63, 3.8) is 0 Å². The summed E-state index contributed by atoms with van der Waals surface area (Å²) in [5.74, 6) is 1.02. The zero-order chi connectivity index (χ0) is 24.7. The van der Waals surface area contributed by atoms with Gasteiger partial charge in [-0.1, -0.05) is 53.9 Å². The minimum Gasteiger partial charge on any atom is -0.352 e. The fourth-order valence-corrected chi connectivity index (χ4v) is 5.10. The number of nitrogens with one attached hydrogen (secondary N) is 1. The van der Waals surface area contributed by atoms with Gasteiger partial charge in [0, 0.05) is 41.6 Å². The van der Waals surface area contributed by atoms with Gasteiger partial charge in [0.05, 0.1) is 17.0 Å². The number of hydrogen-bond donors (Lipinski definition) is 1. The lowest BCUT2D eigenvalue weighted by molar-refractivity contribution is 0.0945. The van der Waals surface area contributed by atoms with Gasteiger partial charge < -0.3 is 9.88 Å². The molecule has 0 aliphatic rings. The van der Waals surface area contributed by atoms with Crippen LogP contribution in [0.3, 0.4) is 0 Å². The lowest BCUT2D eigenvalue weighted by Crippen LogP contribution is -2.29. The highest BCUT2D eigenvalue weighted by atomic mass is 32.1. The Bertz CT molecular complexity index is 1080. The fourth-order valence-electron chi connectivity index (χ4n) is 4.29. The smallest absolute Gasteiger partial charge is 0.253 e. The maximum atomic E-state index is 13.2. The van der Waals surface area contributed by atoms with Crippen LogP contribution in [0.2, 0.25) is 0 Å². The first-order valence-electron chi connectivity index (χ1n) is 12.8. The molecule has 3 rings (SSSR count). The van der Waals surface area contributed by atoms with Gasteiger partial charge in [-0.3, -0.25) is 9.78 Å². The minimum atomic E-state index is 0.0216. The molecule has 1 amide bonds. The number of aryl methyl sites for hydroxylation is 1. The van der Waals surface area contributed by atoms with Gasteiger partial charge in [-0.25, -0.2) is 4.98 Å². The van der Waals surface area contributed by atoms with E-state index in [1.165, 1.54) is 19.3 Å². The first-order valence-corrected chi connectivity index (χ1v) is 13.6. The number of thiazole rings is 1. The van der Waals surface area contributed by atoms with Crippen molar-refractivity contribution < 1.29 is 4.79 Å². The molecular weight excluding hydrogens is 440 g/mol. The van der Waals surface area contributed by atoms with Crippen LogP contribution in [0.5, 0.6) is 0 Å². The number of nitrogens with zero attached hydrogens (tertiary/aromatic N) is 3. The minimum absolute atomic E-state index is 0.0216. The second-order valence-electron chi connectivity index (χ2n) is 9.59. The molecule has 0 radical (unpaired) electrons. The number of hydrogen-bond acceptors (Lipinski definition) is 4. The molecule has 0 aliphatic heterocycles. The summed E-state index contributed by atoms with van der Waals surface area (Å²) < 4.78 is 2.26. The van der Waals surface area contributed by atoms with Crippen molar-refractivity contribution in [3.05, 3.63) is 46.7 Å². The third-order valence-corrected chi connectivity index (χ3v) is 7.34. The largest absolute Gasteiger partial charge is 0.352 e. The zero-order valence-corrected chi connectivity index (χ0v) is 22.5. The van der Waals surface area contributed by atoms with Crippen LogP contribution in [0.4, 0.5) is 0 Å². The average Bonchev–Trinajstić information content (AvgIpc) is 3.44. The van der Waals surface area contributed by atoms with E-state index in [0.717, 1.165) is 64.8 Å². The molecule has 0 fully saturated rings. The van der Waals surface area contributed by atoms with E-state index in [2.05, 4.69) is 67.9 Å². The van der Waals surface area contributed by atoms with Crippen LogP contribution in [0, 0.1) is 18.8 Å². The Kier molecular flexibility index (Phi) is 9.45. The fraction of sp³-hybridized carbons (Fsp3) is 0.536. The van der Waals surface area contributed by atoms with E-state index in [4.69, 9.17) is 4.98 Å². The lowest BCUT2D eigenvalue weighted by Gasteiger charge is -2.16. The van der Waals surface area contributed by atoms with Gasteiger partial charge in [0.25, 0.3) is 5.91 Å². The number of carbonyl (C=O) groups is 1. The van der Waals surface area contributed by atoms with Crippen LogP contribution in [0.25, 0.3) is 22.0 Å². The summed E-state index contributed by atoms with van der Waals surface area (Å²) in [6, 6.07) is 6.16. The summed E-state index contributed by atoms with van der Waals surface area (Å²) in [6.07, 6.45) is 7.43. The number of rotatable bonds is 12. The molecule has 1 atom stereocenters. The van der Waals surface area contributed by atoms with E-state index in [1.807, 2.05) is 18.3 Å². The quantitative estimate of drug-likeness (QED) is 0.299. The van der Waals surface area contributed by atoms with Crippen molar-refractivity contribution >= 4 is 17.2 Å². The van der Waals surface area contributed by atoms with Crippen molar-refractivity contribution in [2.45, 2.75) is 80.2 Å². The summed E-state index contributed by atoms with van der Waals surface area (Å²) in [6.45, 7) is 14.6. The van der Waals surface area contributed by atoms with Crippen molar-refractivity contribution in [1.29, 1.82) is 0 Å². The normalized spacial score (nSPS) is 12.3. The second-order valence-corrected chi connectivity index (χ2v) is 10.4. The molecule has 3 aromatic rings. The van der Waals surface area contributed by atoms with E-state index in [9.17, 15) is 4.79 Å². The molecule has 0 saturated heterocycles. The van der Waals surface area contributed by atoms with E-state index < -0.39 is 0 Å². The highest BCUT2D eigenvalue weighted by molar-refractivity contribution is 7.13. The number of pyridine rings is 1. The summed E-state index contributed by atoms with van der Waals surface area (Å²) in [4.78, 5) is 22.6. The number of aromatic nitrogens is 3. The van der Waals surface area contributed by atoms with Crippen LogP contribution in [0.15, 0.2) is 29.8 Å². The topological polar surface area (TPSA) is 59.8 Å². The second kappa shape index (κ2) is 12.3. The van der Waals surface area contributed by atoms with Crippen molar-refractivity contribution in [2.24, 2.45) is 11.8 Å². The summed E-state index contributed by atoms with van der Waals surface area (Å²) in [7, 11) is 0. The van der Waals surface area contributed by atoms with Gasteiger partial charge in [0.2, 0.25) is 0 Å². The Balaban J connectivity index is 1.88. The molecule has 0 saturated carbocycles. The maximum Gasteiger partial charge on any atom is 0.253 e. The van der Waals surface area contributed by atoms with E-state index in [0.29, 0.717) is 11.8 Å². The van der Waals surface area contributed by atoms with E-state index >= 15 is 0 Å². The molecule has 5 nitrogen and oxygen atoms in total. The molecular formula is C28H40N4OS. The maximum absolute atomic E-state index is 13.2. The first-order chi connectivity index (χ1) is 16.4. The van der Waals surface area contributed by atoms with E-state index in [-0.39, 0.29) is 5.91 Å². The highest BCUT2D eigenvalue weighted by Gasteiger charge is 2.21. The first kappa shape index (κ1) is 26.1. The molecule has 3 heterocycles. The molecule has 34 heavy (non-hydrogen) atoms.